The fraction of sp³-hybridized carbons (Fsp3) is 0.353. The Morgan fingerprint density at radius 2 is 2.05 bits per heavy atom. The third kappa shape index (κ3) is 2.60. The number of rotatable bonds is 3. The van der Waals surface area contributed by atoms with E-state index in [1.165, 1.54) is 12.8 Å². The average molecular weight is 294 g/mol. The minimum absolute atomic E-state index is 0.0515. The van der Waals surface area contributed by atoms with Gasteiger partial charge in [-0.2, -0.15) is 0 Å². The van der Waals surface area contributed by atoms with Gasteiger partial charge in [0.05, 0.1) is 11.7 Å². The van der Waals surface area contributed by atoms with E-state index < -0.39 is 0 Å². The van der Waals surface area contributed by atoms with Crippen molar-refractivity contribution in [1.82, 2.24) is 15.3 Å². The summed E-state index contributed by atoms with van der Waals surface area (Å²) in [6, 6.07) is 7.46. The number of aromatic nitrogens is 2. The van der Waals surface area contributed by atoms with Gasteiger partial charge < -0.3 is 10.6 Å². The minimum atomic E-state index is -0.0694. The van der Waals surface area contributed by atoms with Gasteiger partial charge in [0.15, 0.2) is 0 Å². The Kier molecular flexibility index (Phi) is 3.15. The molecule has 1 amide bonds. The second kappa shape index (κ2) is 5.18. The lowest BCUT2D eigenvalue weighted by molar-refractivity contribution is -0.117. The fourth-order valence-corrected chi connectivity index (χ4v) is 3.08. The standard InChI is InChI=1S/C17H18N4O/c22-16(15-10-17(4-5-17)11-20-15)21-13-3-8-19-14(9-13)12-1-6-18-7-2-12/h1-3,6-9,15,20H,4-5,10-11H2,(H,19,21,22)/t15-/m1/s1. The lowest BCUT2D eigenvalue weighted by atomic mass is 10.0. The molecule has 2 fully saturated rings. The largest absolute Gasteiger partial charge is 0.325 e. The summed E-state index contributed by atoms with van der Waals surface area (Å²) in [5, 5.41) is 6.34. The number of nitrogens with zero attached hydrogens (tertiary/aromatic N) is 2. The first-order valence-corrected chi connectivity index (χ1v) is 7.65. The average Bonchev–Trinajstić information content (AvgIpc) is 3.17. The quantitative estimate of drug-likeness (QED) is 0.911. The molecular weight excluding hydrogens is 276 g/mol. The highest BCUT2D eigenvalue weighted by Gasteiger charge is 2.49. The van der Waals surface area contributed by atoms with Gasteiger partial charge in [0.25, 0.3) is 0 Å². The van der Waals surface area contributed by atoms with Crippen molar-refractivity contribution in [3.63, 3.8) is 0 Å². The molecule has 112 valence electrons. The summed E-state index contributed by atoms with van der Waals surface area (Å²) in [6.07, 6.45) is 8.66. The maximum absolute atomic E-state index is 12.4. The van der Waals surface area contributed by atoms with Crippen LogP contribution in [-0.2, 0) is 4.79 Å². The Morgan fingerprint density at radius 3 is 2.77 bits per heavy atom. The zero-order chi connectivity index (χ0) is 15.0. The number of hydrogen-bond donors (Lipinski definition) is 2. The van der Waals surface area contributed by atoms with Crippen molar-refractivity contribution >= 4 is 11.6 Å². The van der Waals surface area contributed by atoms with Crippen LogP contribution < -0.4 is 10.6 Å². The first-order chi connectivity index (χ1) is 10.7. The van der Waals surface area contributed by atoms with E-state index in [0.717, 1.165) is 29.9 Å². The molecule has 5 nitrogen and oxygen atoms in total. The van der Waals surface area contributed by atoms with Crippen LogP contribution in [0.1, 0.15) is 19.3 Å². The molecule has 1 saturated carbocycles. The molecule has 2 aliphatic rings. The van der Waals surface area contributed by atoms with Crippen molar-refractivity contribution in [1.29, 1.82) is 0 Å². The molecule has 5 heteroatoms. The molecule has 1 spiro atoms. The second-order valence-electron chi connectivity index (χ2n) is 6.29. The second-order valence-corrected chi connectivity index (χ2v) is 6.29. The van der Waals surface area contributed by atoms with E-state index >= 15 is 0 Å². The Balaban J connectivity index is 1.48. The molecule has 0 aromatic carbocycles. The van der Waals surface area contributed by atoms with E-state index in [9.17, 15) is 4.79 Å². The van der Waals surface area contributed by atoms with Gasteiger partial charge in [0.2, 0.25) is 5.91 Å². The highest BCUT2D eigenvalue weighted by atomic mass is 16.2. The molecule has 3 heterocycles. The molecule has 2 aromatic rings. The number of nitrogens with one attached hydrogen (secondary N) is 2. The van der Waals surface area contributed by atoms with Crippen LogP contribution in [0.5, 0.6) is 0 Å². The predicted molar refractivity (Wildman–Crippen MR) is 84.2 cm³/mol. The molecule has 2 aromatic heterocycles. The van der Waals surface area contributed by atoms with Crippen LogP contribution in [-0.4, -0.2) is 28.5 Å². The van der Waals surface area contributed by atoms with E-state index in [4.69, 9.17) is 0 Å². The number of anilines is 1. The summed E-state index contributed by atoms with van der Waals surface area (Å²) < 4.78 is 0. The van der Waals surface area contributed by atoms with Gasteiger partial charge in [-0.3, -0.25) is 14.8 Å². The van der Waals surface area contributed by atoms with Crippen LogP contribution in [0.2, 0.25) is 0 Å². The van der Waals surface area contributed by atoms with Gasteiger partial charge in [-0.15, -0.1) is 0 Å². The van der Waals surface area contributed by atoms with Gasteiger partial charge >= 0.3 is 0 Å². The zero-order valence-electron chi connectivity index (χ0n) is 12.2. The van der Waals surface area contributed by atoms with E-state index in [1.807, 2.05) is 24.3 Å². The molecule has 1 saturated heterocycles. The van der Waals surface area contributed by atoms with Crippen LogP contribution in [0.15, 0.2) is 42.9 Å². The summed E-state index contributed by atoms with van der Waals surface area (Å²) in [5.74, 6) is 0.0515. The summed E-state index contributed by atoms with van der Waals surface area (Å²) in [4.78, 5) is 20.7. The smallest absolute Gasteiger partial charge is 0.241 e. The molecule has 0 radical (unpaired) electrons. The molecule has 0 unspecified atom stereocenters. The molecule has 1 aliphatic carbocycles. The number of hydrogen-bond acceptors (Lipinski definition) is 4. The highest BCUT2D eigenvalue weighted by molar-refractivity contribution is 5.95. The number of carbonyl (C=O) groups excluding carboxylic acids is 1. The zero-order valence-corrected chi connectivity index (χ0v) is 12.2. The van der Waals surface area contributed by atoms with Crippen LogP contribution in [0.4, 0.5) is 5.69 Å². The van der Waals surface area contributed by atoms with Gasteiger partial charge in [-0.25, -0.2) is 0 Å². The minimum Gasteiger partial charge on any atom is -0.325 e. The van der Waals surface area contributed by atoms with Crippen molar-refractivity contribution in [2.75, 3.05) is 11.9 Å². The molecule has 2 N–H and O–H groups in total. The van der Waals surface area contributed by atoms with Gasteiger partial charge in [-0.1, -0.05) is 0 Å². The Morgan fingerprint density at radius 1 is 1.23 bits per heavy atom. The third-order valence-electron chi connectivity index (χ3n) is 4.64. The van der Waals surface area contributed by atoms with Crippen molar-refractivity contribution in [2.24, 2.45) is 5.41 Å². The SMILES string of the molecule is O=C(Nc1ccnc(-c2ccncc2)c1)[C@H]1CC2(CC2)CN1. The van der Waals surface area contributed by atoms with Gasteiger partial charge in [-0.05, 0) is 48.9 Å². The van der Waals surface area contributed by atoms with Crippen molar-refractivity contribution in [3.05, 3.63) is 42.9 Å². The maximum Gasteiger partial charge on any atom is 0.241 e. The summed E-state index contributed by atoms with van der Waals surface area (Å²) >= 11 is 0. The van der Waals surface area contributed by atoms with E-state index in [-0.39, 0.29) is 11.9 Å². The molecule has 0 bridgehead atoms. The van der Waals surface area contributed by atoms with Crippen LogP contribution in [0.3, 0.4) is 0 Å². The van der Waals surface area contributed by atoms with E-state index in [0.29, 0.717) is 5.41 Å². The maximum atomic E-state index is 12.4. The van der Waals surface area contributed by atoms with Crippen LogP contribution >= 0.6 is 0 Å². The van der Waals surface area contributed by atoms with Crippen LogP contribution in [0, 0.1) is 5.41 Å². The lowest BCUT2D eigenvalue weighted by Crippen LogP contribution is -2.35. The third-order valence-corrected chi connectivity index (χ3v) is 4.64. The highest BCUT2D eigenvalue weighted by Crippen LogP contribution is 2.51. The summed E-state index contributed by atoms with van der Waals surface area (Å²) in [6.45, 7) is 0.976. The topological polar surface area (TPSA) is 66.9 Å². The van der Waals surface area contributed by atoms with Crippen molar-refractivity contribution in [2.45, 2.75) is 25.3 Å². The molecule has 22 heavy (non-hydrogen) atoms. The summed E-state index contributed by atoms with van der Waals surface area (Å²) in [7, 11) is 0. The Labute approximate surface area is 129 Å². The Hall–Kier alpha value is -2.27. The molecular formula is C17H18N4O. The first kappa shape index (κ1) is 13.4. The van der Waals surface area contributed by atoms with E-state index in [1.54, 1.807) is 18.6 Å². The van der Waals surface area contributed by atoms with E-state index in [2.05, 4.69) is 20.6 Å². The fourth-order valence-electron chi connectivity index (χ4n) is 3.08. The number of amides is 1. The van der Waals surface area contributed by atoms with Crippen LogP contribution in [0.25, 0.3) is 11.3 Å². The first-order valence-electron chi connectivity index (χ1n) is 7.65. The predicted octanol–water partition coefficient (Wildman–Crippen LogP) is 2.22. The van der Waals surface area contributed by atoms with Gasteiger partial charge in [0, 0.05) is 36.4 Å². The molecule has 1 aliphatic heterocycles. The monoisotopic (exact) mass is 294 g/mol. The Bertz CT molecular complexity index is 697. The van der Waals surface area contributed by atoms with Crippen molar-refractivity contribution < 1.29 is 4.79 Å². The normalized spacial score (nSPS) is 21.7. The number of pyridine rings is 2. The van der Waals surface area contributed by atoms with Gasteiger partial charge in [0.1, 0.15) is 0 Å². The lowest BCUT2D eigenvalue weighted by Gasteiger charge is -2.12. The number of carbonyl (C=O) groups is 1. The molecule has 1 atom stereocenters. The van der Waals surface area contributed by atoms with Crippen molar-refractivity contribution in [3.8, 4) is 11.3 Å². The summed E-state index contributed by atoms with van der Waals surface area (Å²) in [5.41, 5.74) is 3.02. The molecule has 4 rings (SSSR count).